The van der Waals surface area contributed by atoms with Crippen LogP contribution in [0.15, 0.2) is 46.9 Å². The number of nitrogens with one attached hydrogen (secondary N) is 2. The average molecular weight is 544 g/mol. The van der Waals surface area contributed by atoms with E-state index in [0.29, 0.717) is 33.5 Å². The predicted octanol–water partition coefficient (Wildman–Crippen LogP) is 3.57. The van der Waals surface area contributed by atoms with Crippen molar-refractivity contribution in [1.82, 2.24) is 0 Å². The van der Waals surface area contributed by atoms with Gasteiger partial charge in [-0.2, -0.15) is 0 Å². The number of carbonyl (C=O) groups is 2. The summed E-state index contributed by atoms with van der Waals surface area (Å²) in [6.45, 7) is 10.5. The number of carbonyl (C=O) groups excluding carboxylic acids is 1. The molecule has 8 nitrogen and oxygen atoms in total. The van der Waals surface area contributed by atoms with Gasteiger partial charge in [0, 0.05) is 45.5 Å². The third-order valence-corrected chi connectivity index (χ3v) is 6.84. The van der Waals surface area contributed by atoms with Gasteiger partial charge in [0.1, 0.15) is 11.3 Å². The van der Waals surface area contributed by atoms with Crippen LogP contribution in [0.25, 0.3) is 33.4 Å². The highest BCUT2D eigenvalue weighted by Crippen LogP contribution is 2.46. The van der Waals surface area contributed by atoms with E-state index in [1.807, 2.05) is 0 Å². The van der Waals surface area contributed by atoms with Crippen LogP contribution >= 0.6 is 23.2 Å². The smallest absolute Gasteiger partial charge is 0.337 e. The normalized spacial score (nSPS) is 11.0. The highest BCUT2D eigenvalue weighted by molar-refractivity contribution is 6.41. The number of carboxylic acids is 2. The fourth-order valence-electron chi connectivity index (χ4n) is 4.15. The summed E-state index contributed by atoms with van der Waals surface area (Å²) < 4.78 is 5.87. The summed E-state index contributed by atoms with van der Waals surface area (Å²) in [7, 11) is 0. The zero-order valence-corrected chi connectivity index (χ0v) is 22.1. The summed E-state index contributed by atoms with van der Waals surface area (Å²) in [4.78, 5) is 25.2. The summed E-state index contributed by atoms with van der Waals surface area (Å²) in [5.41, 5.74) is 6.43. The second-order valence-electron chi connectivity index (χ2n) is 8.32. The van der Waals surface area contributed by atoms with Crippen molar-refractivity contribution in [3.63, 3.8) is 0 Å². The Balaban J connectivity index is 0.000000479. The van der Waals surface area contributed by atoms with E-state index in [1.54, 1.807) is 29.2 Å². The monoisotopic (exact) mass is 543 g/mol. The second-order valence-corrected chi connectivity index (χ2v) is 9.10. The molecule has 0 spiro atoms. The number of hydrogen-bond donors (Lipinski definition) is 4. The Hall–Kier alpha value is -3.59. The highest BCUT2D eigenvalue weighted by atomic mass is 35.5. The number of benzene rings is 3. The molecule has 1 aliphatic carbocycles. The van der Waals surface area contributed by atoms with Crippen LogP contribution in [0.1, 0.15) is 41.5 Å². The molecule has 0 atom stereocenters. The quantitative estimate of drug-likeness (QED) is 0.216. The number of rotatable bonds is 6. The fraction of sp³-hybridized carbons (Fsp3) is 0.222. The van der Waals surface area contributed by atoms with Crippen molar-refractivity contribution in [2.24, 2.45) is 0 Å². The van der Waals surface area contributed by atoms with E-state index < -0.39 is 28.1 Å². The number of anilines is 1. The second kappa shape index (κ2) is 11.6. The summed E-state index contributed by atoms with van der Waals surface area (Å²) in [5.74, 6) is -2.82. The number of aromatic carboxylic acids is 2. The number of quaternary nitrogens is 1. The molecular formula is C27H27Cl2N3O5. The average Bonchev–Trinajstić information content (AvgIpc) is 2.84. The van der Waals surface area contributed by atoms with Gasteiger partial charge in [-0.25, -0.2) is 4.79 Å². The Kier molecular flexibility index (Phi) is 8.81. The van der Waals surface area contributed by atoms with Gasteiger partial charge in [0.25, 0.3) is 0 Å². The molecule has 1 aliphatic heterocycles. The van der Waals surface area contributed by atoms with Crippen LogP contribution < -0.4 is 21.1 Å². The number of nitrogen functional groups attached to an aromatic ring is 1. The molecule has 0 aromatic heterocycles. The first-order valence-corrected chi connectivity index (χ1v) is 12.4. The predicted molar refractivity (Wildman–Crippen MR) is 142 cm³/mol. The zero-order chi connectivity index (χ0) is 27.4. The van der Waals surface area contributed by atoms with E-state index in [9.17, 15) is 19.8 Å². The van der Waals surface area contributed by atoms with Gasteiger partial charge < -0.3 is 35.5 Å². The lowest BCUT2D eigenvalue weighted by Crippen LogP contribution is -3.11. The zero-order valence-electron chi connectivity index (χ0n) is 20.6. The standard InChI is InChI=1S/C21H12Cl2N2O5.C6H15N/c22-13-7-12(20(26)27)19(23)18(21(28)29)17(13)16-10-3-1-8(24)5-14(10)30-15-6-9(25)2-4-11(15)16;1-4-7(5-2)6-3/h1-7,24H,25H2,(H,26,27)(H,28,29);4-6H2,1-3H3. The first-order chi connectivity index (χ1) is 17.5. The summed E-state index contributed by atoms with van der Waals surface area (Å²) in [6.07, 6.45) is 0. The SMILES string of the molecule is CC[NH+](CC)CC.N=c1ccc2c(-c3c(Cl)cc(C(=O)[O-])c(Cl)c3C(=O)O)c3ccc(N)cc3oc-2c1. The van der Waals surface area contributed by atoms with Crippen molar-refractivity contribution in [1.29, 1.82) is 5.41 Å². The molecule has 2 aromatic rings. The van der Waals surface area contributed by atoms with Gasteiger partial charge in [-0.1, -0.05) is 23.2 Å². The summed E-state index contributed by atoms with van der Waals surface area (Å²) >= 11 is 12.5. The number of halogens is 2. The molecule has 0 saturated carbocycles. The van der Waals surface area contributed by atoms with E-state index in [4.69, 9.17) is 38.8 Å². The van der Waals surface area contributed by atoms with Crippen LogP contribution in [0.5, 0.6) is 0 Å². The van der Waals surface area contributed by atoms with Gasteiger partial charge in [0.05, 0.1) is 46.6 Å². The van der Waals surface area contributed by atoms with Crippen molar-refractivity contribution in [2.45, 2.75) is 20.8 Å². The maximum Gasteiger partial charge on any atom is 0.337 e. The summed E-state index contributed by atoms with van der Waals surface area (Å²) in [5, 5.41) is 29.1. The fourth-order valence-corrected chi connectivity index (χ4v) is 4.75. The Bertz CT molecular complexity index is 1510. The number of hydrogen-bond acceptors (Lipinski definition) is 6. The third kappa shape index (κ3) is 5.72. The molecule has 5 N–H and O–H groups in total. The molecule has 0 fully saturated rings. The molecule has 2 aliphatic rings. The van der Waals surface area contributed by atoms with Crippen LogP contribution in [-0.4, -0.2) is 36.7 Å². The molecule has 0 bridgehead atoms. The lowest BCUT2D eigenvalue weighted by Gasteiger charge is -2.20. The van der Waals surface area contributed by atoms with Gasteiger partial charge in [-0.15, -0.1) is 0 Å². The van der Waals surface area contributed by atoms with Gasteiger partial charge in [-0.05, 0) is 51.1 Å². The third-order valence-electron chi connectivity index (χ3n) is 6.15. The Labute approximate surface area is 223 Å². The van der Waals surface area contributed by atoms with Gasteiger partial charge in [0.15, 0.2) is 0 Å². The Morgan fingerprint density at radius 1 is 1.03 bits per heavy atom. The van der Waals surface area contributed by atoms with Gasteiger partial charge in [-0.3, -0.25) is 0 Å². The molecular weight excluding hydrogens is 517 g/mol. The van der Waals surface area contributed by atoms with Crippen molar-refractivity contribution in [3.8, 4) is 22.5 Å². The molecule has 0 unspecified atom stereocenters. The van der Waals surface area contributed by atoms with E-state index in [0.717, 1.165) is 6.07 Å². The van der Waals surface area contributed by atoms with Crippen molar-refractivity contribution >= 4 is 51.8 Å². The molecule has 0 saturated heterocycles. The Morgan fingerprint density at radius 2 is 1.68 bits per heavy atom. The minimum Gasteiger partial charge on any atom is -0.545 e. The molecule has 10 heteroatoms. The molecule has 4 rings (SSSR count). The number of nitrogens with two attached hydrogens (primary N) is 1. The van der Waals surface area contributed by atoms with Crippen LogP contribution in [-0.2, 0) is 0 Å². The largest absolute Gasteiger partial charge is 0.545 e. The maximum atomic E-state index is 12.1. The van der Waals surface area contributed by atoms with Crippen LogP contribution in [0.2, 0.25) is 10.0 Å². The van der Waals surface area contributed by atoms with Crippen molar-refractivity contribution in [2.75, 3.05) is 25.4 Å². The van der Waals surface area contributed by atoms with E-state index >= 15 is 0 Å². The van der Waals surface area contributed by atoms with Crippen molar-refractivity contribution in [3.05, 3.63) is 69.0 Å². The summed E-state index contributed by atoms with van der Waals surface area (Å²) in [6, 6.07) is 10.4. The van der Waals surface area contributed by atoms with E-state index in [-0.39, 0.29) is 15.9 Å². The molecule has 2 aromatic carbocycles. The highest BCUT2D eigenvalue weighted by Gasteiger charge is 2.27. The molecule has 0 amide bonds. The number of fused-ring (bicyclic) bond motifs is 2. The topological polar surface area (TPSA) is 145 Å². The van der Waals surface area contributed by atoms with E-state index in [1.165, 1.54) is 31.8 Å². The minimum atomic E-state index is -1.65. The lowest BCUT2D eigenvalue weighted by molar-refractivity contribution is -0.894. The van der Waals surface area contributed by atoms with Crippen LogP contribution in [0.4, 0.5) is 5.69 Å². The molecule has 194 valence electrons. The van der Waals surface area contributed by atoms with E-state index in [2.05, 4.69) is 20.8 Å². The lowest BCUT2D eigenvalue weighted by atomic mass is 9.89. The van der Waals surface area contributed by atoms with Gasteiger partial charge in [0.2, 0.25) is 0 Å². The maximum absolute atomic E-state index is 12.1. The molecule has 1 heterocycles. The van der Waals surface area contributed by atoms with Crippen LogP contribution in [0.3, 0.4) is 0 Å². The molecule has 0 radical (unpaired) electrons. The van der Waals surface area contributed by atoms with Crippen LogP contribution in [0, 0.1) is 5.41 Å². The minimum absolute atomic E-state index is 0.0208. The van der Waals surface area contributed by atoms with Gasteiger partial charge >= 0.3 is 5.97 Å². The molecule has 37 heavy (non-hydrogen) atoms. The Morgan fingerprint density at radius 3 is 2.22 bits per heavy atom. The van der Waals surface area contributed by atoms with Crippen molar-refractivity contribution < 1.29 is 29.1 Å². The number of carboxylic acid groups (broad SMARTS) is 2. The first kappa shape index (κ1) is 28.0. The first-order valence-electron chi connectivity index (χ1n) is 11.6.